The number of hydrogen-bond acceptors (Lipinski definition) is 2. The maximum atomic E-state index is 6.33. The molecule has 18 heavy (non-hydrogen) atoms. The summed E-state index contributed by atoms with van der Waals surface area (Å²) in [6.07, 6.45) is 8.53. The van der Waals surface area contributed by atoms with Gasteiger partial charge < -0.3 is 5.73 Å². The van der Waals surface area contributed by atoms with Crippen molar-refractivity contribution in [3.05, 3.63) is 42.1 Å². The van der Waals surface area contributed by atoms with E-state index in [0.29, 0.717) is 0 Å². The standard InChI is InChI=1S/C16H20N2/c17-15(9-12-5-1-2-6-12)14-10-13-7-3-4-8-16(13)18-11-14/h3-4,7-8,10-12,15H,1-2,5-6,9,17H2. The number of nitrogens with zero attached hydrogens (tertiary/aromatic N) is 1. The van der Waals surface area contributed by atoms with E-state index in [9.17, 15) is 0 Å². The lowest BCUT2D eigenvalue weighted by Crippen LogP contribution is -2.14. The molecule has 1 unspecified atom stereocenters. The van der Waals surface area contributed by atoms with Crippen molar-refractivity contribution in [1.82, 2.24) is 4.98 Å². The minimum absolute atomic E-state index is 0.144. The molecule has 1 heterocycles. The van der Waals surface area contributed by atoms with Crippen LogP contribution in [0.1, 0.15) is 43.7 Å². The highest BCUT2D eigenvalue weighted by Gasteiger charge is 2.19. The quantitative estimate of drug-likeness (QED) is 0.886. The smallest absolute Gasteiger partial charge is 0.0702 e. The fraction of sp³-hybridized carbons (Fsp3) is 0.438. The largest absolute Gasteiger partial charge is 0.324 e. The molecule has 2 nitrogen and oxygen atoms in total. The maximum absolute atomic E-state index is 6.33. The Morgan fingerprint density at radius 3 is 2.83 bits per heavy atom. The van der Waals surface area contributed by atoms with Crippen LogP contribution in [0.2, 0.25) is 0 Å². The monoisotopic (exact) mass is 240 g/mol. The molecule has 0 spiro atoms. The van der Waals surface area contributed by atoms with Crippen molar-refractivity contribution in [2.45, 2.75) is 38.1 Å². The van der Waals surface area contributed by atoms with Gasteiger partial charge in [0.25, 0.3) is 0 Å². The fourth-order valence-corrected chi connectivity index (χ4v) is 3.03. The Hall–Kier alpha value is -1.41. The van der Waals surface area contributed by atoms with Crippen LogP contribution in [0.5, 0.6) is 0 Å². The molecule has 0 aliphatic heterocycles. The van der Waals surface area contributed by atoms with Crippen molar-refractivity contribution in [2.75, 3.05) is 0 Å². The minimum Gasteiger partial charge on any atom is -0.324 e. The predicted molar refractivity (Wildman–Crippen MR) is 75.2 cm³/mol. The zero-order valence-electron chi connectivity index (χ0n) is 10.7. The fourth-order valence-electron chi connectivity index (χ4n) is 3.03. The number of aromatic nitrogens is 1. The summed E-state index contributed by atoms with van der Waals surface area (Å²) in [5.41, 5.74) is 8.56. The molecular formula is C16H20N2. The van der Waals surface area contributed by atoms with Gasteiger partial charge >= 0.3 is 0 Å². The lowest BCUT2D eigenvalue weighted by molar-refractivity contribution is 0.450. The molecule has 0 saturated heterocycles. The van der Waals surface area contributed by atoms with Gasteiger partial charge in [-0.3, -0.25) is 4.98 Å². The van der Waals surface area contributed by atoms with Crippen molar-refractivity contribution in [1.29, 1.82) is 0 Å². The zero-order chi connectivity index (χ0) is 12.4. The summed E-state index contributed by atoms with van der Waals surface area (Å²) in [7, 11) is 0. The van der Waals surface area contributed by atoms with Gasteiger partial charge in [0, 0.05) is 17.6 Å². The number of rotatable bonds is 3. The number of benzene rings is 1. The van der Waals surface area contributed by atoms with Crippen molar-refractivity contribution in [2.24, 2.45) is 11.7 Å². The van der Waals surface area contributed by atoms with Gasteiger partial charge in [0.1, 0.15) is 0 Å². The van der Waals surface area contributed by atoms with Gasteiger partial charge in [0.05, 0.1) is 5.52 Å². The molecule has 3 rings (SSSR count). The first kappa shape index (κ1) is 11.7. The van der Waals surface area contributed by atoms with Crippen molar-refractivity contribution in [3.63, 3.8) is 0 Å². The number of nitrogens with two attached hydrogens (primary N) is 1. The second kappa shape index (κ2) is 5.07. The third-order valence-corrected chi connectivity index (χ3v) is 4.10. The molecule has 2 heteroatoms. The van der Waals surface area contributed by atoms with Gasteiger partial charge in [-0.05, 0) is 30.0 Å². The number of hydrogen-bond donors (Lipinski definition) is 1. The summed E-state index contributed by atoms with van der Waals surface area (Å²) in [6, 6.07) is 10.6. The van der Waals surface area contributed by atoms with E-state index in [2.05, 4.69) is 23.2 Å². The minimum atomic E-state index is 0.144. The Morgan fingerprint density at radius 1 is 1.22 bits per heavy atom. The molecule has 0 radical (unpaired) electrons. The molecule has 1 atom stereocenters. The predicted octanol–water partition coefficient (Wildman–Crippen LogP) is 3.81. The van der Waals surface area contributed by atoms with Crippen molar-refractivity contribution in [3.8, 4) is 0 Å². The van der Waals surface area contributed by atoms with Gasteiger partial charge in [-0.15, -0.1) is 0 Å². The molecule has 0 bridgehead atoms. The highest BCUT2D eigenvalue weighted by Crippen LogP contribution is 2.32. The second-order valence-electron chi connectivity index (χ2n) is 5.45. The van der Waals surface area contributed by atoms with Crippen molar-refractivity contribution < 1.29 is 0 Å². The molecule has 1 saturated carbocycles. The van der Waals surface area contributed by atoms with Crippen LogP contribution in [0, 0.1) is 5.92 Å². The lowest BCUT2D eigenvalue weighted by Gasteiger charge is -2.16. The van der Waals surface area contributed by atoms with Crippen molar-refractivity contribution >= 4 is 10.9 Å². The topological polar surface area (TPSA) is 38.9 Å². The van der Waals surface area contributed by atoms with Crippen LogP contribution in [0.3, 0.4) is 0 Å². The molecule has 2 aromatic rings. The highest BCUT2D eigenvalue weighted by molar-refractivity contribution is 5.78. The van der Waals surface area contributed by atoms with Crippen LogP contribution in [-0.2, 0) is 0 Å². The Labute approximate surface area is 108 Å². The van der Waals surface area contributed by atoms with E-state index in [-0.39, 0.29) is 6.04 Å². The summed E-state index contributed by atoms with van der Waals surface area (Å²) in [6.45, 7) is 0. The molecule has 1 aliphatic rings. The van der Waals surface area contributed by atoms with E-state index in [1.165, 1.54) is 36.6 Å². The molecule has 2 N–H and O–H groups in total. The van der Waals surface area contributed by atoms with E-state index in [1.807, 2.05) is 18.3 Å². The molecule has 1 aliphatic carbocycles. The number of fused-ring (bicyclic) bond motifs is 1. The molecule has 0 amide bonds. The van der Waals surface area contributed by atoms with E-state index in [1.54, 1.807) is 0 Å². The van der Waals surface area contributed by atoms with E-state index < -0.39 is 0 Å². The third kappa shape index (κ3) is 2.39. The van der Waals surface area contributed by atoms with Gasteiger partial charge in [-0.25, -0.2) is 0 Å². The number of para-hydroxylation sites is 1. The average Bonchev–Trinajstić information content (AvgIpc) is 2.91. The molecule has 94 valence electrons. The summed E-state index contributed by atoms with van der Waals surface area (Å²) >= 11 is 0. The lowest BCUT2D eigenvalue weighted by atomic mass is 9.94. The van der Waals surface area contributed by atoms with Gasteiger partial charge in [-0.1, -0.05) is 43.9 Å². The Morgan fingerprint density at radius 2 is 2.00 bits per heavy atom. The Balaban J connectivity index is 1.80. The first-order valence-corrected chi connectivity index (χ1v) is 6.93. The first-order chi connectivity index (χ1) is 8.83. The van der Waals surface area contributed by atoms with Crippen LogP contribution in [-0.4, -0.2) is 4.98 Å². The summed E-state index contributed by atoms with van der Waals surface area (Å²) in [4.78, 5) is 4.50. The van der Waals surface area contributed by atoms with Crippen LogP contribution >= 0.6 is 0 Å². The Bertz CT molecular complexity index is 529. The average molecular weight is 240 g/mol. The summed E-state index contributed by atoms with van der Waals surface area (Å²) in [5.74, 6) is 0.825. The van der Waals surface area contributed by atoms with Crippen LogP contribution < -0.4 is 5.73 Å². The van der Waals surface area contributed by atoms with Crippen LogP contribution in [0.4, 0.5) is 0 Å². The summed E-state index contributed by atoms with van der Waals surface area (Å²) < 4.78 is 0. The molecule has 1 fully saturated rings. The van der Waals surface area contributed by atoms with Crippen LogP contribution in [0.25, 0.3) is 10.9 Å². The van der Waals surface area contributed by atoms with Gasteiger partial charge in [0.15, 0.2) is 0 Å². The number of pyridine rings is 1. The maximum Gasteiger partial charge on any atom is 0.0702 e. The molecule has 1 aromatic carbocycles. The highest BCUT2D eigenvalue weighted by atomic mass is 14.7. The SMILES string of the molecule is NC(CC1CCCC1)c1cnc2ccccc2c1. The molecule has 1 aromatic heterocycles. The zero-order valence-corrected chi connectivity index (χ0v) is 10.7. The van der Waals surface area contributed by atoms with E-state index in [4.69, 9.17) is 5.73 Å². The van der Waals surface area contributed by atoms with Gasteiger partial charge in [-0.2, -0.15) is 0 Å². The normalized spacial score (nSPS) is 18.3. The summed E-state index contributed by atoms with van der Waals surface area (Å²) in [5, 5.41) is 1.19. The second-order valence-corrected chi connectivity index (χ2v) is 5.45. The van der Waals surface area contributed by atoms with E-state index in [0.717, 1.165) is 17.9 Å². The third-order valence-electron chi connectivity index (χ3n) is 4.10. The Kier molecular flexibility index (Phi) is 3.28. The van der Waals surface area contributed by atoms with E-state index >= 15 is 0 Å². The molecular weight excluding hydrogens is 220 g/mol. The first-order valence-electron chi connectivity index (χ1n) is 6.93. The van der Waals surface area contributed by atoms with Gasteiger partial charge in [0.2, 0.25) is 0 Å². The van der Waals surface area contributed by atoms with Crippen LogP contribution in [0.15, 0.2) is 36.5 Å².